The van der Waals surface area contributed by atoms with Gasteiger partial charge in [0.15, 0.2) is 0 Å². The molecule has 1 aromatic carbocycles. The summed E-state index contributed by atoms with van der Waals surface area (Å²) in [5, 5.41) is 0. The Hall–Kier alpha value is -0.530. The molecule has 0 saturated carbocycles. The number of aryl methyl sites for hydroxylation is 1. The van der Waals surface area contributed by atoms with Crippen molar-refractivity contribution in [1.82, 2.24) is 4.90 Å². The summed E-state index contributed by atoms with van der Waals surface area (Å²) in [6, 6.07) is 9.38. The number of nitrogens with zero attached hydrogens (tertiary/aromatic N) is 1. The third-order valence-corrected chi connectivity index (χ3v) is 3.98. The number of rotatable bonds is 3. The minimum Gasteiger partial charge on any atom is -0.295 e. The zero-order chi connectivity index (χ0) is 11.5. The van der Waals surface area contributed by atoms with Gasteiger partial charge in [0.05, 0.1) is 0 Å². The molecule has 1 fully saturated rings. The van der Waals surface area contributed by atoms with Gasteiger partial charge in [0.1, 0.15) is 0 Å². The van der Waals surface area contributed by atoms with Crippen LogP contribution in [0.4, 0.5) is 0 Å². The van der Waals surface area contributed by atoms with Crippen LogP contribution in [-0.2, 0) is 6.54 Å². The second-order valence-electron chi connectivity index (χ2n) is 4.94. The van der Waals surface area contributed by atoms with Gasteiger partial charge < -0.3 is 0 Å². The van der Waals surface area contributed by atoms with Gasteiger partial charge in [0.25, 0.3) is 0 Å². The van der Waals surface area contributed by atoms with E-state index < -0.39 is 0 Å². The number of hydrogen-bond donors (Lipinski definition) is 0. The SMILES string of the molecule is Cc1ccc(CN2CCC(C)C2CCl)cc1. The van der Waals surface area contributed by atoms with E-state index in [2.05, 4.69) is 43.0 Å². The summed E-state index contributed by atoms with van der Waals surface area (Å²) in [7, 11) is 0. The van der Waals surface area contributed by atoms with Gasteiger partial charge in [-0.3, -0.25) is 4.90 Å². The lowest BCUT2D eigenvalue weighted by Gasteiger charge is -2.24. The van der Waals surface area contributed by atoms with E-state index in [0.29, 0.717) is 6.04 Å². The lowest BCUT2D eigenvalue weighted by molar-refractivity contribution is 0.242. The van der Waals surface area contributed by atoms with Crippen molar-refractivity contribution in [3.05, 3.63) is 35.4 Å². The standard InChI is InChI=1S/C14H20ClN/c1-11-3-5-13(6-4-11)10-16-8-7-12(2)14(16)9-15/h3-6,12,14H,7-10H2,1-2H3. The van der Waals surface area contributed by atoms with Gasteiger partial charge in [-0.1, -0.05) is 36.8 Å². The quantitative estimate of drug-likeness (QED) is 0.728. The Morgan fingerprint density at radius 2 is 2.00 bits per heavy atom. The lowest BCUT2D eigenvalue weighted by atomic mass is 10.0. The van der Waals surface area contributed by atoms with Crippen molar-refractivity contribution < 1.29 is 0 Å². The summed E-state index contributed by atoms with van der Waals surface area (Å²) in [6.45, 7) is 6.67. The minimum absolute atomic E-state index is 0.558. The molecular weight excluding hydrogens is 218 g/mol. The highest BCUT2D eigenvalue weighted by Gasteiger charge is 2.29. The van der Waals surface area contributed by atoms with Crippen molar-refractivity contribution in [1.29, 1.82) is 0 Å². The Morgan fingerprint density at radius 1 is 1.31 bits per heavy atom. The molecule has 0 radical (unpaired) electrons. The number of alkyl halides is 1. The van der Waals surface area contributed by atoms with Crippen LogP contribution in [0.15, 0.2) is 24.3 Å². The molecule has 2 heteroatoms. The molecule has 2 unspecified atom stereocenters. The van der Waals surface area contributed by atoms with Gasteiger partial charge in [-0.25, -0.2) is 0 Å². The van der Waals surface area contributed by atoms with Gasteiger partial charge in [0.2, 0.25) is 0 Å². The molecule has 1 aliphatic heterocycles. The van der Waals surface area contributed by atoms with Gasteiger partial charge in [-0.05, 0) is 31.4 Å². The first-order valence-corrected chi connectivity index (χ1v) is 6.59. The molecule has 0 bridgehead atoms. The molecule has 16 heavy (non-hydrogen) atoms. The fraction of sp³-hybridized carbons (Fsp3) is 0.571. The van der Waals surface area contributed by atoms with Crippen molar-refractivity contribution in [2.75, 3.05) is 12.4 Å². The number of benzene rings is 1. The van der Waals surface area contributed by atoms with Gasteiger partial charge >= 0.3 is 0 Å². The van der Waals surface area contributed by atoms with Crippen LogP contribution in [0.5, 0.6) is 0 Å². The zero-order valence-electron chi connectivity index (χ0n) is 10.1. The highest BCUT2D eigenvalue weighted by molar-refractivity contribution is 6.18. The monoisotopic (exact) mass is 237 g/mol. The van der Waals surface area contributed by atoms with Crippen molar-refractivity contribution in [3.8, 4) is 0 Å². The van der Waals surface area contributed by atoms with E-state index >= 15 is 0 Å². The van der Waals surface area contributed by atoms with Crippen LogP contribution >= 0.6 is 11.6 Å². The summed E-state index contributed by atoms with van der Waals surface area (Å²) >= 11 is 6.05. The Balaban J connectivity index is 2.01. The van der Waals surface area contributed by atoms with Crippen LogP contribution in [0.2, 0.25) is 0 Å². The first-order valence-electron chi connectivity index (χ1n) is 6.06. The average molecular weight is 238 g/mol. The molecule has 0 aliphatic carbocycles. The third-order valence-electron chi connectivity index (χ3n) is 3.66. The maximum atomic E-state index is 6.05. The fourth-order valence-electron chi connectivity index (χ4n) is 2.46. The van der Waals surface area contributed by atoms with Crippen LogP contribution in [0.3, 0.4) is 0 Å². The summed E-state index contributed by atoms with van der Waals surface area (Å²) in [4.78, 5) is 2.52. The second kappa shape index (κ2) is 5.20. The molecule has 2 atom stereocenters. The van der Waals surface area contributed by atoms with Crippen molar-refractivity contribution in [2.45, 2.75) is 32.9 Å². The largest absolute Gasteiger partial charge is 0.295 e. The average Bonchev–Trinajstić information content (AvgIpc) is 2.63. The summed E-state index contributed by atoms with van der Waals surface area (Å²) < 4.78 is 0. The number of hydrogen-bond acceptors (Lipinski definition) is 1. The predicted molar refractivity (Wildman–Crippen MR) is 69.9 cm³/mol. The zero-order valence-corrected chi connectivity index (χ0v) is 10.9. The smallest absolute Gasteiger partial charge is 0.0382 e. The van der Waals surface area contributed by atoms with E-state index in [9.17, 15) is 0 Å². The van der Waals surface area contributed by atoms with Gasteiger partial charge in [0, 0.05) is 18.5 Å². The molecule has 1 saturated heterocycles. The Kier molecular flexibility index (Phi) is 3.88. The molecule has 2 rings (SSSR count). The van der Waals surface area contributed by atoms with E-state index in [4.69, 9.17) is 11.6 Å². The predicted octanol–water partition coefficient (Wildman–Crippen LogP) is 3.44. The molecule has 1 heterocycles. The summed E-state index contributed by atoms with van der Waals surface area (Å²) in [5.41, 5.74) is 2.72. The molecule has 1 aliphatic rings. The number of likely N-dealkylation sites (tertiary alicyclic amines) is 1. The first-order chi connectivity index (χ1) is 7.70. The van der Waals surface area contributed by atoms with Gasteiger partial charge in [-0.2, -0.15) is 0 Å². The highest BCUT2D eigenvalue weighted by Crippen LogP contribution is 2.26. The van der Waals surface area contributed by atoms with Crippen molar-refractivity contribution in [3.63, 3.8) is 0 Å². The first kappa shape index (κ1) is 11.9. The van der Waals surface area contributed by atoms with Gasteiger partial charge in [-0.15, -0.1) is 11.6 Å². The maximum absolute atomic E-state index is 6.05. The topological polar surface area (TPSA) is 3.24 Å². The molecule has 0 aromatic heterocycles. The van der Waals surface area contributed by atoms with Crippen LogP contribution < -0.4 is 0 Å². The molecular formula is C14H20ClN. The summed E-state index contributed by atoms with van der Waals surface area (Å²) in [5.74, 6) is 1.50. The van der Waals surface area contributed by atoms with Crippen LogP contribution in [0.1, 0.15) is 24.5 Å². The fourth-order valence-corrected chi connectivity index (χ4v) is 2.96. The van der Waals surface area contributed by atoms with E-state index in [-0.39, 0.29) is 0 Å². The van der Waals surface area contributed by atoms with E-state index in [1.807, 2.05) is 0 Å². The third kappa shape index (κ3) is 2.58. The maximum Gasteiger partial charge on any atom is 0.0382 e. The van der Waals surface area contributed by atoms with Crippen molar-refractivity contribution in [2.24, 2.45) is 5.92 Å². The molecule has 88 valence electrons. The van der Waals surface area contributed by atoms with Crippen LogP contribution in [0.25, 0.3) is 0 Å². The Labute approximate surface area is 103 Å². The Morgan fingerprint density at radius 3 is 2.62 bits per heavy atom. The molecule has 0 amide bonds. The molecule has 0 N–H and O–H groups in total. The number of halogens is 1. The minimum atomic E-state index is 0.558. The lowest BCUT2D eigenvalue weighted by Crippen LogP contribution is -2.33. The van der Waals surface area contributed by atoms with Crippen LogP contribution in [0, 0.1) is 12.8 Å². The normalized spacial score (nSPS) is 26.2. The van der Waals surface area contributed by atoms with E-state index in [1.165, 1.54) is 24.1 Å². The second-order valence-corrected chi connectivity index (χ2v) is 5.25. The van der Waals surface area contributed by atoms with E-state index in [1.54, 1.807) is 0 Å². The van der Waals surface area contributed by atoms with E-state index in [0.717, 1.165) is 18.3 Å². The Bertz CT molecular complexity index is 333. The van der Waals surface area contributed by atoms with Crippen molar-refractivity contribution >= 4 is 11.6 Å². The molecule has 1 aromatic rings. The molecule has 1 nitrogen and oxygen atoms in total. The van der Waals surface area contributed by atoms with Crippen LogP contribution in [-0.4, -0.2) is 23.4 Å². The highest BCUT2D eigenvalue weighted by atomic mass is 35.5. The summed E-state index contributed by atoms with van der Waals surface area (Å²) in [6.07, 6.45) is 1.28. The molecule has 0 spiro atoms.